The molecule has 0 saturated carbocycles. The average Bonchev–Trinajstić information content (AvgIpc) is 3.78. The van der Waals surface area contributed by atoms with Gasteiger partial charge in [-0.25, -0.2) is 0 Å². The van der Waals surface area contributed by atoms with Gasteiger partial charge in [0.1, 0.15) is 47.8 Å². The summed E-state index contributed by atoms with van der Waals surface area (Å²) in [6, 6.07) is 19.7. The molecule has 4 aromatic carbocycles. The van der Waals surface area contributed by atoms with Crippen molar-refractivity contribution in [3.05, 3.63) is 156 Å². The molecule has 0 saturated heterocycles. The summed E-state index contributed by atoms with van der Waals surface area (Å²) in [7, 11) is 0. The summed E-state index contributed by atoms with van der Waals surface area (Å²) in [5.41, 5.74) is -6.70. The van der Waals surface area contributed by atoms with E-state index < -0.39 is 71.3 Å². The minimum atomic E-state index is -5.17. The largest absolute Gasteiger partial charge is 0.684 e. The predicted molar refractivity (Wildman–Crippen MR) is 182 cm³/mol. The summed E-state index contributed by atoms with van der Waals surface area (Å²) in [5.74, 6) is 0.204. The normalized spacial score (nSPS) is 15.7. The number of fused-ring (bicyclic) bond motifs is 2. The third kappa shape index (κ3) is 6.79. The topological polar surface area (TPSA) is 44.7 Å². The number of para-hydroxylation sites is 4. The molecule has 2 aliphatic heterocycles. The summed E-state index contributed by atoms with van der Waals surface area (Å²) >= 11 is 0. The monoisotopic (exact) mass is 820 g/mol. The molecule has 8 rings (SSSR count). The van der Waals surface area contributed by atoms with Crippen molar-refractivity contribution in [2.24, 2.45) is 0 Å². The zero-order valence-electron chi connectivity index (χ0n) is 28.9. The van der Waals surface area contributed by atoms with Crippen LogP contribution in [0.3, 0.4) is 0 Å². The van der Waals surface area contributed by atoms with Crippen LogP contribution in [0.5, 0.6) is 23.0 Å². The van der Waals surface area contributed by atoms with Gasteiger partial charge in [0.15, 0.2) is 0 Å². The highest BCUT2D eigenvalue weighted by Crippen LogP contribution is 2.41. The Balaban J connectivity index is 1.20. The number of halogens is 12. The van der Waals surface area contributed by atoms with Crippen molar-refractivity contribution >= 4 is 24.3 Å². The van der Waals surface area contributed by atoms with Crippen LogP contribution >= 0.6 is 0 Å². The molecular formula is C38H22B2F12N2O4. The van der Waals surface area contributed by atoms with Crippen LogP contribution in [-0.4, -0.2) is 13.4 Å². The van der Waals surface area contributed by atoms with Crippen molar-refractivity contribution in [1.82, 2.24) is 0 Å². The Morgan fingerprint density at radius 2 is 0.586 bits per heavy atom. The molecule has 6 nitrogen and oxygen atoms in total. The third-order valence-corrected chi connectivity index (χ3v) is 9.73. The highest BCUT2D eigenvalue weighted by molar-refractivity contribution is 6.76. The molecule has 0 radical (unpaired) electrons. The van der Waals surface area contributed by atoms with E-state index in [-0.39, 0.29) is 35.1 Å². The minimum absolute atomic E-state index is 0.0150. The van der Waals surface area contributed by atoms with Crippen molar-refractivity contribution in [3.63, 3.8) is 0 Å². The Kier molecular flexibility index (Phi) is 8.71. The maximum absolute atomic E-state index is 13.9. The molecule has 0 bridgehead atoms. The SMILES string of the molecule is FC(F)(F)c1cc([B-]2([n+]3ccc(-c4cc[n+]([B-]5(c6cc(C(F)(F)F)cc(C(F)(F)F)c6)Oc6ccccc6O5)cc4)cc3)Oc3ccccc3O2)cc(C(F)(F)F)c1. The van der Waals surface area contributed by atoms with Crippen LogP contribution in [0.2, 0.25) is 0 Å². The van der Waals surface area contributed by atoms with Crippen LogP contribution in [0.25, 0.3) is 11.1 Å². The molecule has 0 fully saturated rings. The summed E-state index contributed by atoms with van der Waals surface area (Å²) in [5, 5.41) is 0. The Morgan fingerprint density at radius 3 is 0.810 bits per heavy atom. The van der Waals surface area contributed by atoms with Gasteiger partial charge in [-0.2, -0.15) is 52.7 Å². The van der Waals surface area contributed by atoms with Gasteiger partial charge in [-0.1, -0.05) is 48.5 Å². The van der Waals surface area contributed by atoms with Crippen molar-refractivity contribution in [2.45, 2.75) is 24.7 Å². The molecule has 2 aliphatic rings. The number of alkyl halides is 12. The molecule has 20 heteroatoms. The van der Waals surface area contributed by atoms with Crippen LogP contribution in [-0.2, 0) is 24.7 Å². The van der Waals surface area contributed by atoms with E-state index in [0.717, 1.165) is 0 Å². The summed E-state index contributed by atoms with van der Waals surface area (Å²) < 4.78 is 194. The lowest BCUT2D eigenvalue weighted by Crippen LogP contribution is -2.78. The molecule has 4 heterocycles. The quantitative estimate of drug-likeness (QED) is 0.130. The molecule has 0 aliphatic carbocycles. The smallest absolute Gasteiger partial charge is 0.616 e. The number of nitrogens with zero attached hydrogens (tertiary/aromatic N) is 2. The summed E-state index contributed by atoms with van der Waals surface area (Å²) in [4.78, 5) is 0. The first kappa shape index (κ1) is 38.5. The number of benzene rings is 4. The highest BCUT2D eigenvalue weighted by Gasteiger charge is 2.55. The van der Waals surface area contributed by atoms with E-state index in [1.807, 2.05) is 0 Å². The van der Waals surface area contributed by atoms with Crippen LogP contribution in [0, 0.1) is 0 Å². The van der Waals surface area contributed by atoms with Crippen molar-refractivity contribution in [3.8, 4) is 34.1 Å². The molecule has 0 amide bonds. The maximum Gasteiger partial charge on any atom is 0.684 e. The second-order valence-electron chi connectivity index (χ2n) is 13.5. The first-order chi connectivity index (χ1) is 27.2. The fraction of sp³-hybridized carbons (Fsp3) is 0.105. The van der Waals surface area contributed by atoms with E-state index in [9.17, 15) is 52.7 Å². The maximum atomic E-state index is 13.9. The van der Waals surface area contributed by atoms with E-state index in [4.69, 9.17) is 18.6 Å². The van der Waals surface area contributed by atoms with Crippen LogP contribution in [0.15, 0.2) is 134 Å². The fourth-order valence-electron chi connectivity index (χ4n) is 6.98. The number of hydrogen-bond donors (Lipinski definition) is 0. The first-order valence-electron chi connectivity index (χ1n) is 17.0. The molecule has 0 N–H and O–H groups in total. The number of aromatic nitrogens is 2. The molecule has 298 valence electrons. The van der Waals surface area contributed by atoms with Gasteiger partial charge in [0.25, 0.3) is 0 Å². The van der Waals surface area contributed by atoms with Crippen molar-refractivity contribution in [2.75, 3.05) is 0 Å². The Labute approximate surface area is 319 Å². The minimum Gasteiger partial charge on any atom is -0.616 e. The van der Waals surface area contributed by atoms with E-state index in [1.54, 1.807) is 0 Å². The zero-order chi connectivity index (χ0) is 41.5. The lowest BCUT2D eigenvalue weighted by atomic mass is 9.62. The summed E-state index contributed by atoms with van der Waals surface area (Å²) in [6.45, 7) is -6.65. The second kappa shape index (κ2) is 13.1. The van der Waals surface area contributed by atoms with Gasteiger partial charge in [-0.15, -0.1) is 0 Å². The van der Waals surface area contributed by atoms with E-state index in [1.165, 1.54) is 107 Å². The van der Waals surface area contributed by atoms with Gasteiger partial charge in [0, 0.05) is 24.3 Å². The number of rotatable bonds is 5. The number of pyridine rings is 2. The van der Waals surface area contributed by atoms with Gasteiger partial charge < -0.3 is 27.6 Å². The lowest BCUT2D eigenvalue weighted by Gasteiger charge is -2.30. The lowest BCUT2D eigenvalue weighted by molar-refractivity contribution is -0.566. The van der Waals surface area contributed by atoms with E-state index in [2.05, 4.69) is 0 Å². The molecule has 0 unspecified atom stereocenters. The van der Waals surface area contributed by atoms with E-state index in [0.29, 0.717) is 35.4 Å². The average molecular weight is 820 g/mol. The highest BCUT2D eigenvalue weighted by atomic mass is 19.4. The molecule has 6 aromatic rings. The molecule has 0 spiro atoms. The van der Waals surface area contributed by atoms with Crippen LogP contribution < -0.4 is 38.5 Å². The first-order valence-corrected chi connectivity index (χ1v) is 17.0. The van der Waals surface area contributed by atoms with Crippen LogP contribution in [0.4, 0.5) is 52.7 Å². The van der Waals surface area contributed by atoms with Crippen LogP contribution in [0.1, 0.15) is 22.3 Å². The Bertz CT molecular complexity index is 2250. The fourth-order valence-corrected chi connectivity index (χ4v) is 6.98. The van der Waals surface area contributed by atoms with Crippen molar-refractivity contribution in [1.29, 1.82) is 0 Å². The second-order valence-corrected chi connectivity index (χ2v) is 13.5. The third-order valence-electron chi connectivity index (χ3n) is 9.73. The predicted octanol–water partition coefficient (Wildman–Crippen LogP) is 8.34. The molecule has 0 atom stereocenters. The van der Waals surface area contributed by atoms with Gasteiger partial charge in [-0.05, 0) is 58.5 Å². The Morgan fingerprint density at radius 1 is 0.345 bits per heavy atom. The van der Waals surface area contributed by atoms with Gasteiger partial charge in [-0.3, -0.25) is 0 Å². The summed E-state index contributed by atoms with van der Waals surface area (Å²) in [6.07, 6.45) is -15.4. The zero-order valence-corrected chi connectivity index (χ0v) is 28.9. The van der Waals surface area contributed by atoms with Gasteiger partial charge in [0.2, 0.25) is 0 Å². The van der Waals surface area contributed by atoms with Gasteiger partial charge >= 0.3 is 38.1 Å². The van der Waals surface area contributed by atoms with E-state index >= 15 is 0 Å². The number of hydrogen-bond acceptors (Lipinski definition) is 4. The molecule has 58 heavy (non-hydrogen) atoms. The molecular weight excluding hydrogens is 798 g/mol. The molecule has 2 aromatic heterocycles. The Hall–Kier alpha value is -6.33. The van der Waals surface area contributed by atoms with Gasteiger partial charge in [0.05, 0.1) is 22.3 Å². The standard InChI is InChI=1S/C38H22B2F12N2O4/c41-35(42,43)25-17-26(36(44,45)46)20-29(19-25)39(55-31-5-1-2-6-32(31)56-39)53-13-9-23(10-14-53)24-11-15-54(16-12-24)40(57-33-7-3-4-8-34(33)58-40)30-21-27(37(47,48)49)18-28(22-30)38(50,51)52/h1-22H. The van der Waals surface area contributed by atoms with Crippen molar-refractivity contribution < 1.29 is 80.3 Å².